The monoisotopic (exact) mass is 748 g/mol. The summed E-state index contributed by atoms with van der Waals surface area (Å²) in [5.74, 6) is 0. The van der Waals surface area contributed by atoms with Crippen molar-refractivity contribution in [3.05, 3.63) is 198 Å². The lowest BCUT2D eigenvalue weighted by Crippen LogP contribution is -2.18. The number of hydrogen-bond donors (Lipinski definition) is 0. The van der Waals surface area contributed by atoms with Gasteiger partial charge in [-0.2, -0.15) is 0 Å². The van der Waals surface area contributed by atoms with E-state index >= 15 is 0 Å². The van der Waals surface area contributed by atoms with Crippen LogP contribution in [0.4, 0.5) is 17.1 Å². The first-order valence-electron chi connectivity index (χ1n) is 22.5. The second kappa shape index (κ2) is 11.8. The maximum Gasteiger partial charge on any atom is 0.143 e. The van der Waals surface area contributed by atoms with Gasteiger partial charge in [0.25, 0.3) is 0 Å². The second-order valence-electron chi connectivity index (χ2n) is 16.9. The number of rotatable bonds is 4. The van der Waals surface area contributed by atoms with Crippen LogP contribution in [0.25, 0.3) is 76.9 Å². The minimum absolute atomic E-state index is 0.0940. The van der Waals surface area contributed by atoms with Crippen LogP contribution >= 0.6 is 0 Å². The Morgan fingerprint density at radius 2 is 0.914 bits per heavy atom. The fraction of sp³-hybridized carbons (Fsp3) is 0.107. The summed E-state index contributed by atoms with van der Waals surface area (Å²) in [6, 6.07) is 49.7. The highest BCUT2D eigenvalue weighted by Crippen LogP contribution is 2.54. The zero-order chi connectivity index (χ0) is 43.3. The zero-order valence-electron chi connectivity index (χ0n) is 37.7. The Morgan fingerprint density at radius 3 is 1.52 bits per heavy atom. The molecule has 0 unspecified atom stereocenters. The summed E-state index contributed by atoms with van der Waals surface area (Å²) < 4.78 is 51.8. The molecule has 2 aliphatic carbocycles. The highest BCUT2D eigenvalue weighted by molar-refractivity contribution is 6.31. The Labute approximate surface area is 345 Å². The van der Waals surface area contributed by atoms with Crippen molar-refractivity contribution in [3.8, 4) is 33.4 Å². The fourth-order valence-corrected chi connectivity index (χ4v) is 10.3. The van der Waals surface area contributed by atoms with Crippen molar-refractivity contribution in [2.75, 3.05) is 4.90 Å². The molecule has 0 fully saturated rings. The first kappa shape index (κ1) is 28.5. The van der Waals surface area contributed by atoms with Crippen LogP contribution in [0.2, 0.25) is 0 Å². The third kappa shape index (κ3) is 4.49. The quantitative estimate of drug-likeness (QED) is 0.167. The Morgan fingerprint density at radius 1 is 0.414 bits per heavy atom. The molecule has 10 aromatic rings. The molecule has 58 heavy (non-hydrogen) atoms. The van der Waals surface area contributed by atoms with Crippen molar-refractivity contribution in [2.45, 2.75) is 38.5 Å². The molecule has 0 bridgehead atoms. The number of fused-ring (bicyclic) bond motifs is 14. The molecule has 1 heterocycles. The summed E-state index contributed by atoms with van der Waals surface area (Å²) in [6.07, 6.45) is 0. The second-order valence-corrected chi connectivity index (χ2v) is 16.9. The first-order valence-corrected chi connectivity index (χ1v) is 20.0. The van der Waals surface area contributed by atoms with Crippen molar-refractivity contribution in [1.82, 2.24) is 0 Å². The number of furan rings is 1. The molecule has 2 nitrogen and oxygen atoms in total. The molecular weight excluding hydrogens is 703 g/mol. The van der Waals surface area contributed by atoms with E-state index < -0.39 is 18.1 Å². The topological polar surface area (TPSA) is 16.4 Å². The summed E-state index contributed by atoms with van der Waals surface area (Å²) in [5.41, 5.74) is 13.7. The van der Waals surface area contributed by atoms with E-state index in [0.717, 1.165) is 49.4 Å². The van der Waals surface area contributed by atoms with Crippen LogP contribution in [0.1, 0.15) is 56.8 Å². The van der Waals surface area contributed by atoms with E-state index in [-0.39, 0.29) is 28.5 Å². The van der Waals surface area contributed by atoms with Crippen LogP contribution < -0.4 is 4.90 Å². The molecule has 0 spiro atoms. The third-order valence-electron chi connectivity index (χ3n) is 13.1. The molecule has 12 rings (SSSR count). The predicted molar refractivity (Wildman–Crippen MR) is 244 cm³/mol. The lowest BCUT2D eigenvalue weighted by molar-refractivity contribution is 0.660. The first-order chi connectivity index (χ1) is 30.4. The molecule has 0 radical (unpaired) electrons. The number of anilines is 3. The van der Waals surface area contributed by atoms with Gasteiger partial charge in [-0.3, -0.25) is 0 Å². The lowest BCUT2D eigenvalue weighted by atomic mass is 9.82. The van der Waals surface area contributed by atoms with E-state index in [1.165, 1.54) is 44.5 Å². The zero-order valence-corrected chi connectivity index (χ0v) is 32.7. The van der Waals surface area contributed by atoms with Crippen LogP contribution in [0.3, 0.4) is 0 Å². The fourth-order valence-electron chi connectivity index (χ4n) is 10.3. The summed E-state index contributed by atoms with van der Waals surface area (Å²) in [4.78, 5) is 2.28. The summed E-state index contributed by atoms with van der Waals surface area (Å²) >= 11 is 0. The van der Waals surface area contributed by atoms with Crippen LogP contribution in [-0.4, -0.2) is 0 Å². The standard InChI is InChI=1S/C56H41NO/c1-55(2)48-24-14-12-20-40(48)42-28-26-35(32-50(42)55)57(36-27-29-43-41-21-13-15-25-49(41)56(3,4)51(43)33-36)37-30-46(34-16-6-5-7-17-34)53-47(31-37)52-44-22-10-8-18-38(44)39-19-9-11-23-45(39)54(52)58-53/h5-33H,1-4H3/i5D,6D,7D,16D,17D. The van der Waals surface area contributed by atoms with Crippen molar-refractivity contribution in [1.29, 1.82) is 0 Å². The Bertz CT molecular complexity index is 3520. The maximum atomic E-state index is 9.31. The molecule has 0 N–H and O–H groups in total. The Balaban J connectivity index is 1.22. The number of nitrogens with zero attached hydrogens (tertiary/aromatic N) is 1. The van der Waals surface area contributed by atoms with Crippen LogP contribution in [0.15, 0.2) is 180 Å². The van der Waals surface area contributed by atoms with Gasteiger partial charge in [0.05, 0.1) is 6.85 Å². The average Bonchev–Trinajstić information content (AvgIpc) is 3.88. The molecule has 2 heteroatoms. The molecule has 2 aliphatic rings. The molecule has 0 aliphatic heterocycles. The normalized spacial score (nSPS) is 15.7. The number of hydrogen-bond acceptors (Lipinski definition) is 2. The molecule has 0 saturated carbocycles. The molecule has 0 atom stereocenters. The van der Waals surface area contributed by atoms with Crippen LogP contribution in [0.5, 0.6) is 0 Å². The maximum absolute atomic E-state index is 9.31. The van der Waals surface area contributed by atoms with Gasteiger partial charge in [-0.15, -0.1) is 0 Å². The van der Waals surface area contributed by atoms with E-state index in [0.29, 0.717) is 16.7 Å². The van der Waals surface area contributed by atoms with Crippen molar-refractivity contribution < 1.29 is 11.3 Å². The lowest BCUT2D eigenvalue weighted by Gasteiger charge is -2.30. The van der Waals surface area contributed by atoms with Gasteiger partial charge in [-0.1, -0.05) is 167 Å². The smallest absolute Gasteiger partial charge is 0.143 e. The van der Waals surface area contributed by atoms with Crippen LogP contribution in [0, 0.1) is 0 Å². The summed E-state index contributed by atoms with van der Waals surface area (Å²) in [5, 5.41) is 5.78. The largest absolute Gasteiger partial charge is 0.455 e. The van der Waals surface area contributed by atoms with Gasteiger partial charge in [0.2, 0.25) is 0 Å². The van der Waals surface area contributed by atoms with Gasteiger partial charge >= 0.3 is 0 Å². The van der Waals surface area contributed by atoms with Crippen molar-refractivity contribution in [3.63, 3.8) is 0 Å². The van der Waals surface area contributed by atoms with E-state index in [4.69, 9.17) is 8.53 Å². The minimum Gasteiger partial charge on any atom is -0.455 e. The molecule has 0 saturated heterocycles. The van der Waals surface area contributed by atoms with Gasteiger partial charge in [0.1, 0.15) is 11.2 Å². The molecule has 276 valence electrons. The molecule has 0 amide bonds. The van der Waals surface area contributed by atoms with E-state index in [9.17, 15) is 2.74 Å². The van der Waals surface area contributed by atoms with Gasteiger partial charge < -0.3 is 9.32 Å². The van der Waals surface area contributed by atoms with E-state index in [1.54, 1.807) is 0 Å². The van der Waals surface area contributed by atoms with Crippen LogP contribution in [-0.2, 0) is 10.8 Å². The minimum atomic E-state index is -0.437. The third-order valence-corrected chi connectivity index (χ3v) is 13.1. The highest BCUT2D eigenvalue weighted by atomic mass is 16.3. The van der Waals surface area contributed by atoms with Gasteiger partial charge in [0.15, 0.2) is 0 Å². The predicted octanol–water partition coefficient (Wildman–Crippen LogP) is 15.6. The summed E-state index contributed by atoms with van der Waals surface area (Å²) in [7, 11) is 0. The van der Waals surface area contributed by atoms with Crippen molar-refractivity contribution >= 4 is 60.5 Å². The average molecular weight is 749 g/mol. The molecular formula is C56H41NO. The van der Waals surface area contributed by atoms with Crippen molar-refractivity contribution in [2.24, 2.45) is 0 Å². The Hall–Kier alpha value is -6.90. The van der Waals surface area contributed by atoms with E-state index in [1.807, 2.05) is 24.3 Å². The van der Waals surface area contributed by atoms with Gasteiger partial charge in [-0.05, 0) is 103 Å². The van der Waals surface area contributed by atoms with Gasteiger partial charge in [-0.25, -0.2) is 0 Å². The Kier molecular flexibility index (Phi) is 5.80. The SMILES string of the molecule is [2H]c1c([2H])c([2H])c(-c2cc(N(c3ccc4c(c3)C(C)(C)c3ccccc3-4)c3ccc4c(c3)C(C)(C)c3ccccc3-4)cc3c2oc2c4ccccc4c4ccccc4c32)c([2H])c1[2H]. The highest BCUT2D eigenvalue weighted by Gasteiger charge is 2.38. The number of benzene rings is 9. The summed E-state index contributed by atoms with van der Waals surface area (Å²) in [6.45, 7) is 9.15. The molecule has 9 aromatic carbocycles. The molecule has 1 aromatic heterocycles. The van der Waals surface area contributed by atoms with E-state index in [2.05, 4.69) is 154 Å². The van der Waals surface area contributed by atoms with Gasteiger partial charge in [0, 0.05) is 49.6 Å².